The van der Waals surface area contributed by atoms with Gasteiger partial charge < -0.3 is 15.3 Å². The average molecular weight is 468 g/mol. The number of carbonyl (C=O) groups excluding carboxylic acids is 1. The van der Waals surface area contributed by atoms with Crippen LogP contribution >= 0.6 is 0 Å². The van der Waals surface area contributed by atoms with Crippen molar-refractivity contribution in [1.82, 2.24) is 14.5 Å². The Morgan fingerprint density at radius 1 is 1.03 bits per heavy atom. The number of piperidine rings is 1. The number of aliphatic hydroxyl groups is 1. The number of carbonyl (C=O) groups is 1. The van der Waals surface area contributed by atoms with E-state index in [1.54, 1.807) is 42.5 Å². The molecule has 1 aromatic heterocycles. The molecule has 0 atom stereocenters. The third-order valence-corrected chi connectivity index (χ3v) is 8.00. The fourth-order valence-corrected chi connectivity index (χ4v) is 5.65. The normalized spacial score (nSPS) is 17.2. The minimum atomic E-state index is -3.64. The van der Waals surface area contributed by atoms with Crippen molar-refractivity contribution in [2.24, 2.45) is 0 Å². The molecular formula is C23H25N5O4S. The Balaban J connectivity index is 1.26. The zero-order chi connectivity index (χ0) is 23.0. The number of rotatable bonds is 5. The van der Waals surface area contributed by atoms with Gasteiger partial charge in [0.15, 0.2) is 5.82 Å². The Kier molecular flexibility index (Phi) is 5.65. The number of nitrogens with one attached hydrogen (secondary N) is 2. The Morgan fingerprint density at radius 3 is 2.42 bits per heavy atom. The van der Waals surface area contributed by atoms with Crippen LogP contribution in [0.2, 0.25) is 0 Å². The summed E-state index contributed by atoms with van der Waals surface area (Å²) in [5.74, 6) is 0.0316. The van der Waals surface area contributed by atoms with Gasteiger partial charge in [-0.15, -0.1) is 0 Å². The van der Waals surface area contributed by atoms with Crippen molar-refractivity contribution in [3.05, 3.63) is 71.4 Å². The number of fused-ring (bicyclic) bond motifs is 1. The first-order valence-electron chi connectivity index (χ1n) is 10.9. The predicted molar refractivity (Wildman–Crippen MR) is 123 cm³/mol. The molecule has 10 heteroatoms. The van der Waals surface area contributed by atoms with Crippen LogP contribution in [-0.2, 0) is 23.1 Å². The zero-order valence-corrected chi connectivity index (χ0v) is 18.8. The van der Waals surface area contributed by atoms with E-state index in [-0.39, 0.29) is 30.0 Å². The van der Waals surface area contributed by atoms with Crippen molar-refractivity contribution in [3.8, 4) is 0 Å². The summed E-state index contributed by atoms with van der Waals surface area (Å²) < 4.78 is 27.2. The van der Waals surface area contributed by atoms with Crippen LogP contribution in [0.5, 0.6) is 0 Å². The van der Waals surface area contributed by atoms with Crippen LogP contribution in [0, 0.1) is 0 Å². The molecule has 0 unspecified atom stereocenters. The molecule has 3 aromatic rings. The highest BCUT2D eigenvalue weighted by Gasteiger charge is 2.34. The summed E-state index contributed by atoms with van der Waals surface area (Å²) in [5, 5.41) is 19.5. The van der Waals surface area contributed by atoms with Crippen molar-refractivity contribution in [1.29, 1.82) is 0 Å². The monoisotopic (exact) mass is 467 g/mol. The van der Waals surface area contributed by atoms with Crippen LogP contribution in [0.4, 0.5) is 11.5 Å². The van der Waals surface area contributed by atoms with Crippen molar-refractivity contribution in [2.75, 3.05) is 23.3 Å². The second kappa shape index (κ2) is 8.62. The molecule has 1 amide bonds. The first-order valence-corrected chi connectivity index (χ1v) is 12.3. The largest absolute Gasteiger partial charge is 0.393 e. The highest BCUT2D eigenvalue weighted by atomic mass is 32.2. The number of nitrogens with zero attached hydrogens (tertiary/aromatic N) is 3. The lowest BCUT2D eigenvalue weighted by Gasteiger charge is -2.31. The minimum Gasteiger partial charge on any atom is -0.393 e. The van der Waals surface area contributed by atoms with E-state index in [1.807, 2.05) is 12.1 Å². The Labute approximate surface area is 192 Å². The van der Waals surface area contributed by atoms with E-state index in [9.17, 15) is 18.3 Å². The Hall–Kier alpha value is -3.21. The van der Waals surface area contributed by atoms with Gasteiger partial charge in [0, 0.05) is 36.4 Å². The number of aromatic amines is 1. The van der Waals surface area contributed by atoms with Crippen molar-refractivity contribution in [2.45, 2.75) is 36.9 Å². The summed E-state index contributed by atoms with van der Waals surface area (Å²) in [7, 11) is -3.64. The maximum atomic E-state index is 12.9. The van der Waals surface area contributed by atoms with E-state index < -0.39 is 10.0 Å². The van der Waals surface area contributed by atoms with E-state index in [0.29, 0.717) is 22.6 Å². The van der Waals surface area contributed by atoms with Gasteiger partial charge in [0.2, 0.25) is 10.0 Å². The second-order valence-corrected chi connectivity index (χ2v) is 10.3. The topological polar surface area (TPSA) is 119 Å². The smallest absolute Gasteiger partial charge is 0.256 e. The van der Waals surface area contributed by atoms with E-state index in [1.165, 1.54) is 4.31 Å². The lowest BCUT2D eigenvalue weighted by Crippen LogP contribution is -2.35. The first-order chi connectivity index (χ1) is 15.9. The molecule has 172 valence electrons. The molecule has 9 nitrogen and oxygen atoms in total. The zero-order valence-electron chi connectivity index (χ0n) is 17.9. The summed E-state index contributed by atoms with van der Waals surface area (Å²) in [6.07, 6.45) is 1.24. The fraction of sp³-hybridized carbons (Fsp3) is 0.304. The van der Waals surface area contributed by atoms with Crippen molar-refractivity contribution in [3.63, 3.8) is 0 Å². The molecule has 2 aliphatic heterocycles. The van der Waals surface area contributed by atoms with Gasteiger partial charge in [-0.25, -0.2) is 8.42 Å². The van der Waals surface area contributed by atoms with Crippen LogP contribution in [0.3, 0.4) is 0 Å². The lowest BCUT2D eigenvalue weighted by molar-refractivity contribution is 0.102. The lowest BCUT2D eigenvalue weighted by atomic mass is 10.1. The van der Waals surface area contributed by atoms with Gasteiger partial charge in [0.05, 0.1) is 23.2 Å². The summed E-state index contributed by atoms with van der Waals surface area (Å²) in [5.41, 5.74) is 2.85. The van der Waals surface area contributed by atoms with Gasteiger partial charge >= 0.3 is 0 Å². The van der Waals surface area contributed by atoms with E-state index in [2.05, 4.69) is 20.4 Å². The molecule has 0 radical (unpaired) electrons. The molecule has 2 aliphatic rings. The summed E-state index contributed by atoms with van der Waals surface area (Å²) in [4.78, 5) is 15.2. The maximum absolute atomic E-state index is 12.9. The fourth-order valence-electron chi connectivity index (χ4n) is 4.25. The van der Waals surface area contributed by atoms with Crippen LogP contribution in [0.15, 0.2) is 59.5 Å². The molecule has 2 aromatic carbocycles. The second-order valence-electron chi connectivity index (χ2n) is 8.33. The SMILES string of the molecule is O=C(Nc1n[nH]c2c1CN(S(=O)(=O)c1ccccc1)C2)c1ccc(N2CCC(O)CC2)cc1. The van der Waals surface area contributed by atoms with Crippen LogP contribution in [0.1, 0.15) is 34.5 Å². The Bertz CT molecular complexity index is 1250. The number of aliphatic hydroxyl groups excluding tert-OH is 1. The molecule has 0 bridgehead atoms. The molecule has 5 rings (SSSR count). The molecule has 1 fully saturated rings. The first kappa shape index (κ1) is 21.6. The summed E-state index contributed by atoms with van der Waals surface area (Å²) in [6, 6.07) is 15.6. The molecule has 3 heterocycles. The van der Waals surface area contributed by atoms with Gasteiger partial charge in [-0.05, 0) is 49.2 Å². The van der Waals surface area contributed by atoms with Crippen LogP contribution < -0.4 is 10.2 Å². The number of H-pyrrole nitrogens is 1. The summed E-state index contributed by atoms with van der Waals surface area (Å²) >= 11 is 0. The van der Waals surface area contributed by atoms with Gasteiger partial charge in [-0.3, -0.25) is 9.89 Å². The molecule has 0 spiro atoms. The number of amides is 1. The van der Waals surface area contributed by atoms with E-state index >= 15 is 0 Å². The van der Waals surface area contributed by atoms with Crippen molar-refractivity contribution >= 4 is 27.4 Å². The quantitative estimate of drug-likeness (QED) is 0.530. The third-order valence-electron chi connectivity index (χ3n) is 6.19. The number of benzene rings is 2. The molecule has 33 heavy (non-hydrogen) atoms. The maximum Gasteiger partial charge on any atom is 0.256 e. The van der Waals surface area contributed by atoms with Crippen LogP contribution in [0.25, 0.3) is 0 Å². The number of hydrogen-bond donors (Lipinski definition) is 3. The number of hydrogen-bond acceptors (Lipinski definition) is 6. The molecular weight excluding hydrogens is 442 g/mol. The van der Waals surface area contributed by atoms with E-state index in [0.717, 1.165) is 31.6 Å². The predicted octanol–water partition coefficient (Wildman–Crippen LogP) is 2.33. The minimum absolute atomic E-state index is 0.137. The van der Waals surface area contributed by atoms with Gasteiger partial charge in [-0.2, -0.15) is 9.40 Å². The molecule has 1 saturated heterocycles. The van der Waals surface area contributed by atoms with E-state index in [4.69, 9.17) is 0 Å². The van der Waals surface area contributed by atoms with Gasteiger partial charge in [0.1, 0.15) is 0 Å². The van der Waals surface area contributed by atoms with Gasteiger partial charge in [-0.1, -0.05) is 18.2 Å². The third kappa shape index (κ3) is 4.24. The number of aromatic nitrogens is 2. The summed E-state index contributed by atoms with van der Waals surface area (Å²) in [6.45, 7) is 1.89. The Morgan fingerprint density at radius 2 is 1.73 bits per heavy atom. The molecule has 0 saturated carbocycles. The average Bonchev–Trinajstić information content (AvgIpc) is 3.43. The highest BCUT2D eigenvalue weighted by Crippen LogP contribution is 2.31. The molecule has 3 N–H and O–H groups in total. The van der Waals surface area contributed by atoms with Crippen LogP contribution in [-0.4, -0.2) is 53.1 Å². The number of sulfonamides is 1. The molecule has 0 aliphatic carbocycles. The number of anilines is 2. The van der Waals surface area contributed by atoms with Gasteiger partial charge in [0.25, 0.3) is 5.91 Å². The standard InChI is InChI=1S/C23H25N5O4S/c29-18-10-12-27(13-11-18)17-8-6-16(7-9-17)23(30)24-22-20-14-28(15-21(20)25-26-22)33(31,32)19-4-2-1-3-5-19/h1-9,18,29H,10-15H2,(H2,24,25,26,30). The van der Waals surface area contributed by atoms with Crippen molar-refractivity contribution < 1.29 is 18.3 Å². The highest BCUT2D eigenvalue weighted by molar-refractivity contribution is 7.89.